The summed E-state index contributed by atoms with van der Waals surface area (Å²) in [6, 6.07) is 0. The second kappa shape index (κ2) is 5.99. The van der Waals surface area contributed by atoms with Gasteiger partial charge in [0.1, 0.15) is 5.78 Å². The second-order valence-electron chi connectivity index (χ2n) is 6.05. The van der Waals surface area contributed by atoms with Crippen molar-refractivity contribution in [2.75, 3.05) is 0 Å². The smallest absolute Gasteiger partial charge is 0.133 e. The van der Waals surface area contributed by atoms with Crippen LogP contribution in [0, 0.1) is 17.8 Å². The Kier molecular flexibility index (Phi) is 4.61. The van der Waals surface area contributed by atoms with Crippen LogP contribution in [0.2, 0.25) is 0 Å². The first-order valence-corrected chi connectivity index (χ1v) is 7.40. The Labute approximate surface area is 105 Å². The summed E-state index contributed by atoms with van der Waals surface area (Å²) in [5.74, 6) is 2.77. The lowest BCUT2D eigenvalue weighted by Crippen LogP contribution is -2.10. The van der Waals surface area contributed by atoms with E-state index in [1.807, 2.05) is 6.92 Å². The summed E-state index contributed by atoms with van der Waals surface area (Å²) in [7, 11) is 0. The van der Waals surface area contributed by atoms with Gasteiger partial charge in [0.05, 0.1) is 6.10 Å². The first-order valence-electron chi connectivity index (χ1n) is 7.40. The molecule has 2 aliphatic carbocycles. The molecule has 0 aliphatic heterocycles. The largest absolute Gasteiger partial charge is 0.393 e. The third-order valence-corrected chi connectivity index (χ3v) is 4.91. The van der Waals surface area contributed by atoms with E-state index in [1.165, 1.54) is 25.7 Å². The fourth-order valence-corrected chi connectivity index (χ4v) is 3.82. The van der Waals surface area contributed by atoms with Crippen molar-refractivity contribution in [1.29, 1.82) is 0 Å². The number of hydrogen-bond donors (Lipinski definition) is 1. The van der Waals surface area contributed by atoms with E-state index in [9.17, 15) is 9.90 Å². The fourth-order valence-electron chi connectivity index (χ4n) is 3.82. The first-order chi connectivity index (χ1) is 8.20. The molecule has 0 bridgehead atoms. The van der Waals surface area contributed by atoms with Crippen molar-refractivity contribution in [3.8, 4) is 0 Å². The number of carbonyl (C=O) groups excluding carboxylic acids is 1. The summed E-state index contributed by atoms with van der Waals surface area (Å²) in [4.78, 5) is 11.4. The molecule has 4 atom stereocenters. The maximum absolute atomic E-state index is 11.4. The lowest BCUT2D eigenvalue weighted by atomic mass is 9.88. The number of aliphatic hydroxyl groups excluding tert-OH is 1. The second-order valence-corrected chi connectivity index (χ2v) is 6.05. The molecule has 0 aromatic rings. The van der Waals surface area contributed by atoms with Crippen LogP contribution in [0.15, 0.2) is 0 Å². The maximum atomic E-state index is 11.4. The van der Waals surface area contributed by atoms with Gasteiger partial charge in [-0.2, -0.15) is 0 Å². The van der Waals surface area contributed by atoms with E-state index in [0.717, 1.165) is 49.9 Å². The molecule has 2 heteroatoms. The van der Waals surface area contributed by atoms with Gasteiger partial charge in [-0.25, -0.2) is 0 Å². The number of hydrogen-bond acceptors (Lipinski definition) is 2. The van der Waals surface area contributed by atoms with E-state index in [1.54, 1.807) is 0 Å². The summed E-state index contributed by atoms with van der Waals surface area (Å²) in [6.07, 6.45) is 9.78. The highest BCUT2D eigenvalue weighted by Crippen LogP contribution is 2.47. The Morgan fingerprint density at radius 3 is 2.88 bits per heavy atom. The van der Waals surface area contributed by atoms with E-state index in [4.69, 9.17) is 0 Å². The van der Waals surface area contributed by atoms with Crippen molar-refractivity contribution in [2.24, 2.45) is 17.8 Å². The predicted octanol–water partition coefficient (Wildman–Crippen LogP) is 3.32. The third kappa shape index (κ3) is 3.31. The molecule has 2 nitrogen and oxygen atoms in total. The molecule has 0 saturated heterocycles. The minimum absolute atomic E-state index is 0.0978. The highest BCUT2D eigenvalue weighted by atomic mass is 16.3. The van der Waals surface area contributed by atoms with E-state index < -0.39 is 0 Å². The van der Waals surface area contributed by atoms with Gasteiger partial charge in [-0.1, -0.05) is 26.2 Å². The summed E-state index contributed by atoms with van der Waals surface area (Å²) in [5, 5.41) is 9.49. The zero-order valence-electron chi connectivity index (χ0n) is 11.0. The minimum Gasteiger partial charge on any atom is -0.393 e. The van der Waals surface area contributed by atoms with Crippen molar-refractivity contribution >= 4 is 5.78 Å². The first kappa shape index (κ1) is 13.1. The summed E-state index contributed by atoms with van der Waals surface area (Å²) in [5.41, 5.74) is 0. The topological polar surface area (TPSA) is 37.3 Å². The van der Waals surface area contributed by atoms with Crippen LogP contribution in [0.3, 0.4) is 0 Å². The molecule has 0 amide bonds. The molecule has 0 spiro atoms. The molecule has 17 heavy (non-hydrogen) atoms. The number of carbonyl (C=O) groups is 1. The molecule has 1 N–H and O–H groups in total. The van der Waals surface area contributed by atoms with E-state index in [0.29, 0.717) is 5.78 Å². The number of Topliss-reactive ketones (excluding diaryl/α,β-unsaturated/α-hetero) is 1. The Morgan fingerprint density at radius 2 is 2.12 bits per heavy atom. The highest BCUT2D eigenvalue weighted by Gasteiger charge is 2.42. The zero-order chi connectivity index (χ0) is 12.3. The zero-order valence-corrected chi connectivity index (χ0v) is 11.0. The van der Waals surface area contributed by atoms with Gasteiger partial charge in [0, 0.05) is 12.8 Å². The Morgan fingerprint density at radius 1 is 1.29 bits per heavy atom. The highest BCUT2D eigenvalue weighted by molar-refractivity contribution is 5.81. The van der Waals surface area contributed by atoms with Gasteiger partial charge in [0.15, 0.2) is 0 Å². The van der Waals surface area contributed by atoms with Gasteiger partial charge < -0.3 is 5.11 Å². The van der Waals surface area contributed by atoms with Crippen LogP contribution in [0.25, 0.3) is 0 Å². The molecule has 2 fully saturated rings. The summed E-state index contributed by atoms with van der Waals surface area (Å²) >= 11 is 0. The molecule has 2 saturated carbocycles. The fraction of sp³-hybridized carbons (Fsp3) is 0.933. The normalized spacial score (nSPS) is 34.0. The van der Waals surface area contributed by atoms with Gasteiger partial charge in [-0.15, -0.1) is 0 Å². The lowest BCUT2D eigenvalue weighted by Gasteiger charge is -2.17. The maximum Gasteiger partial charge on any atom is 0.133 e. The van der Waals surface area contributed by atoms with Crippen molar-refractivity contribution in [3.05, 3.63) is 0 Å². The van der Waals surface area contributed by atoms with E-state index in [-0.39, 0.29) is 6.10 Å². The van der Waals surface area contributed by atoms with Crippen LogP contribution < -0.4 is 0 Å². The number of unbranched alkanes of at least 4 members (excludes halogenated alkanes) is 1. The van der Waals surface area contributed by atoms with E-state index in [2.05, 4.69) is 0 Å². The molecule has 0 radical (unpaired) electrons. The molecule has 0 aromatic carbocycles. The monoisotopic (exact) mass is 238 g/mol. The number of rotatable bonds is 6. The minimum atomic E-state index is -0.0978. The summed E-state index contributed by atoms with van der Waals surface area (Å²) in [6.45, 7) is 2.04. The molecule has 2 aliphatic rings. The van der Waals surface area contributed by atoms with Crippen LogP contribution in [-0.4, -0.2) is 17.0 Å². The van der Waals surface area contributed by atoms with Crippen LogP contribution in [-0.2, 0) is 4.79 Å². The van der Waals surface area contributed by atoms with Crippen molar-refractivity contribution in [1.82, 2.24) is 0 Å². The summed E-state index contributed by atoms with van der Waals surface area (Å²) < 4.78 is 0. The molecule has 4 unspecified atom stereocenters. The van der Waals surface area contributed by atoms with Crippen molar-refractivity contribution in [3.63, 3.8) is 0 Å². The van der Waals surface area contributed by atoms with Gasteiger partial charge in [0.2, 0.25) is 0 Å². The van der Waals surface area contributed by atoms with Crippen LogP contribution in [0.5, 0.6) is 0 Å². The molecule has 0 aromatic heterocycles. The average Bonchev–Trinajstić information content (AvgIpc) is 2.84. The Hall–Kier alpha value is -0.370. The van der Waals surface area contributed by atoms with Crippen LogP contribution >= 0.6 is 0 Å². The molecule has 98 valence electrons. The standard InChI is InChI=1S/C15H26O2/c1-2-13(16)6-4-3-5-11-7-8-12-9-14(17)10-15(11)12/h11-13,15-16H,2-10H2,1H3. The van der Waals surface area contributed by atoms with Gasteiger partial charge in [0.25, 0.3) is 0 Å². The van der Waals surface area contributed by atoms with Crippen LogP contribution in [0.4, 0.5) is 0 Å². The number of ketones is 1. The average molecular weight is 238 g/mol. The molecule has 0 heterocycles. The van der Waals surface area contributed by atoms with Gasteiger partial charge in [-0.3, -0.25) is 4.79 Å². The molecular formula is C15H26O2. The quantitative estimate of drug-likeness (QED) is 0.721. The lowest BCUT2D eigenvalue weighted by molar-refractivity contribution is -0.118. The predicted molar refractivity (Wildman–Crippen MR) is 68.7 cm³/mol. The van der Waals surface area contributed by atoms with Crippen molar-refractivity contribution < 1.29 is 9.90 Å². The van der Waals surface area contributed by atoms with Crippen molar-refractivity contribution in [2.45, 2.75) is 70.8 Å². The Bertz CT molecular complexity index is 262. The Balaban J connectivity index is 1.65. The molecular weight excluding hydrogens is 212 g/mol. The number of aliphatic hydroxyl groups is 1. The van der Waals surface area contributed by atoms with Gasteiger partial charge in [-0.05, 0) is 43.4 Å². The molecule has 2 rings (SSSR count). The number of fused-ring (bicyclic) bond motifs is 1. The SMILES string of the molecule is CCC(O)CCCCC1CCC2CC(=O)CC12. The van der Waals surface area contributed by atoms with E-state index >= 15 is 0 Å². The van der Waals surface area contributed by atoms with Crippen LogP contribution in [0.1, 0.15) is 64.7 Å². The van der Waals surface area contributed by atoms with Gasteiger partial charge >= 0.3 is 0 Å². The third-order valence-electron chi connectivity index (χ3n) is 4.91.